The molecule has 0 spiro atoms. The fourth-order valence-corrected chi connectivity index (χ4v) is 3.68. The van der Waals surface area contributed by atoms with Crippen molar-refractivity contribution in [2.45, 2.75) is 0 Å². The fraction of sp³-hybridized carbons (Fsp3) is 0.273. The molecule has 162 valence electrons. The van der Waals surface area contributed by atoms with Gasteiger partial charge < -0.3 is 9.80 Å². The maximum absolute atomic E-state index is 12.8. The molecule has 1 saturated heterocycles. The maximum atomic E-state index is 12.8. The van der Waals surface area contributed by atoms with E-state index >= 15 is 0 Å². The molecule has 3 aromatic heterocycles. The normalized spacial score (nSPS) is 14.6. The van der Waals surface area contributed by atoms with Crippen molar-refractivity contribution in [3.05, 3.63) is 54.9 Å². The number of anilines is 2. The van der Waals surface area contributed by atoms with E-state index in [1.54, 1.807) is 23.1 Å². The van der Waals surface area contributed by atoms with Crippen molar-refractivity contribution in [2.75, 3.05) is 43.4 Å². The number of carbonyl (C=O) groups is 1. The first-order valence-corrected chi connectivity index (χ1v) is 10.4. The quantitative estimate of drug-likeness (QED) is 0.524. The van der Waals surface area contributed by atoms with Crippen molar-refractivity contribution < 1.29 is 4.79 Å². The standard InChI is InChI=1S/C22H23N9O/c1-29-5-7-31(8-6-29)20-10-19(24-14-25-20)21(32)28-22-23-11-16-4-3-15(9-18(16)27-22)17-12-26-30(2)13-17/h3-4,9-14H,5-8H2,1-2H3,(H,23,27,28,32). The summed E-state index contributed by atoms with van der Waals surface area (Å²) in [4.78, 5) is 34.5. The van der Waals surface area contributed by atoms with Gasteiger partial charge in [0, 0.05) is 62.6 Å². The highest BCUT2D eigenvalue weighted by molar-refractivity contribution is 6.02. The molecular weight excluding hydrogens is 406 g/mol. The van der Waals surface area contributed by atoms with Crippen LogP contribution in [0, 0.1) is 0 Å². The lowest BCUT2D eigenvalue weighted by atomic mass is 10.1. The van der Waals surface area contributed by atoms with Gasteiger partial charge in [0.25, 0.3) is 5.91 Å². The summed E-state index contributed by atoms with van der Waals surface area (Å²) in [5.74, 6) is 0.606. The number of amides is 1. The number of nitrogens with one attached hydrogen (secondary N) is 1. The van der Waals surface area contributed by atoms with E-state index in [1.807, 2.05) is 31.4 Å². The van der Waals surface area contributed by atoms with Crippen LogP contribution in [0.1, 0.15) is 10.5 Å². The smallest absolute Gasteiger partial charge is 0.276 e. The fourth-order valence-electron chi connectivity index (χ4n) is 3.68. The van der Waals surface area contributed by atoms with Crippen LogP contribution in [0.3, 0.4) is 0 Å². The van der Waals surface area contributed by atoms with Crippen molar-refractivity contribution in [3.63, 3.8) is 0 Å². The number of aryl methyl sites for hydroxylation is 1. The van der Waals surface area contributed by atoms with Crippen LogP contribution in [0.5, 0.6) is 0 Å². The summed E-state index contributed by atoms with van der Waals surface area (Å²) in [5, 5.41) is 7.86. The summed E-state index contributed by atoms with van der Waals surface area (Å²) in [6, 6.07) is 7.62. The van der Waals surface area contributed by atoms with Crippen molar-refractivity contribution in [3.8, 4) is 11.1 Å². The third-order valence-electron chi connectivity index (χ3n) is 5.56. The summed E-state index contributed by atoms with van der Waals surface area (Å²) in [7, 11) is 3.97. The van der Waals surface area contributed by atoms with Crippen LogP contribution < -0.4 is 10.2 Å². The minimum absolute atomic E-state index is 0.227. The van der Waals surface area contributed by atoms with E-state index in [2.05, 4.69) is 47.2 Å². The third-order valence-corrected chi connectivity index (χ3v) is 5.56. The number of piperazine rings is 1. The molecule has 1 aromatic carbocycles. The van der Waals surface area contributed by atoms with Gasteiger partial charge >= 0.3 is 0 Å². The van der Waals surface area contributed by atoms with Crippen molar-refractivity contribution in [1.82, 2.24) is 34.6 Å². The number of fused-ring (bicyclic) bond motifs is 1. The zero-order chi connectivity index (χ0) is 22.1. The number of rotatable bonds is 4. The predicted octanol–water partition coefficient (Wildman–Crippen LogP) is 1.82. The minimum atomic E-state index is -0.370. The molecule has 0 saturated carbocycles. The van der Waals surface area contributed by atoms with Gasteiger partial charge in [0.05, 0.1) is 11.7 Å². The van der Waals surface area contributed by atoms with E-state index in [1.165, 1.54) is 6.33 Å². The Morgan fingerprint density at radius 3 is 2.59 bits per heavy atom. The monoisotopic (exact) mass is 429 g/mol. The van der Waals surface area contributed by atoms with Gasteiger partial charge in [-0.3, -0.25) is 14.8 Å². The molecule has 1 aliphatic rings. The minimum Gasteiger partial charge on any atom is -0.354 e. The van der Waals surface area contributed by atoms with Crippen LogP contribution >= 0.6 is 0 Å². The second kappa shape index (κ2) is 8.31. The molecule has 4 heterocycles. The molecule has 4 aromatic rings. The Morgan fingerprint density at radius 2 is 1.81 bits per heavy atom. The molecule has 1 N–H and O–H groups in total. The van der Waals surface area contributed by atoms with Gasteiger partial charge in [-0.2, -0.15) is 5.10 Å². The zero-order valence-electron chi connectivity index (χ0n) is 17.9. The van der Waals surface area contributed by atoms with Crippen molar-refractivity contribution >= 4 is 28.6 Å². The Bertz CT molecular complexity index is 1280. The molecule has 0 unspecified atom stereocenters. The first kappa shape index (κ1) is 20.0. The van der Waals surface area contributed by atoms with Crippen molar-refractivity contribution in [2.24, 2.45) is 7.05 Å². The molecule has 32 heavy (non-hydrogen) atoms. The van der Waals surface area contributed by atoms with Crippen molar-refractivity contribution in [1.29, 1.82) is 0 Å². The van der Waals surface area contributed by atoms with Crippen LogP contribution in [0.15, 0.2) is 49.2 Å². The molecule has 10 nitrogen and oxygen atoms in total. The molecule has 1 aliphatic heterocycles. The molecule has 0 aliphatic carbocycles. The first-order valence-electron chi connectivity index (χ1n) is 10.4. The summed E-state index contributed by atoms with van der Waals surface area (Å²) in [6.07, 6.45) is 6.86. The average Bonchev–Trinajstić information content (AvgIpc) is 3.25. The van der Waals surface area contributed by atoms with Crippen LogP contribution in [0.2, 0.25) is 0 Å². The van der Waals surface area contributed by atoms with E-state index in [0.717, 1.165) is 54.0 Å². The lowest BCUT2D eigenvalue weighted by molar-refractivity contribution is 0.102. The van der Waals surface area contributed by atoms with Gasteiger partial charge in [0.15, 0.2) is 0 Å². The molecule has 1 fully saturated rings. The lowest BCUT2D eigenvalue weighted by Crippen LogP contribution is -2.44. The largest absolute Gasteiger partial charge is 0.354 e. The van der Waals surface area contributed by atoms with E-state index in [4.69, 9.17) is 0 Å². The summed E-state index contributed by atoms with van der Waals surface area (Å²) < 4.78 is 1.75. The van der Waals surface area contributed by atoms with Gasteiger partial charge in [0.2, 0.25) is 5.95 Å². The van der Waals surface area contributed by atoms with E-state index in [0.29, 0.717) is 0 Å². The predicted molar refractivity (Wildman–Crippen MR) is 121 cm³/mol. The molecule has 0 atom stereocenters. The van der Waals surface area contributed by atoms with Gasteiger partial charge in [-0.05, 0) is 18.7 Å². The Hall–Kier alpha value is -3.92. The second-order valence-electron chi connectivity index (χ2n) is 7.88. The number of aromatic nitrogens is 6. The summed E-state index contributed by atoms with van der Waals surface area (Å²) in [6.45, 7) is 3.64. The van der Waals surface area contributed by atoms with Gasteiger partial charge in [-0.25, -0.2) is 19.9 Å². The van der Waals surface area contributed by atoms with E-state index < -0.39 is 0 Å². The van der Waals surface area contributed by atoms with Crippen LogP contribution in [0.4, 0.5) is 11.8 Å². The van der Waals surface area contributed by atoms with E-state index in [9.17, 15) is 4.79 Å². The van der Waals surface area contributed by atoms with Gasteiger partial charge in [-0.1, -0.05) is 12.1 Å². The maximum Gasteiger partial charge on any atom is 0.276 e. The number of hydrogen-bond acceptors (Lipinski definition) is 8. The highest BCUT2D eigenvalue weighted by Gasteiger charge is 2.18. The second-order valence-corrected chi connectivity index (χ2v) is 7.88. The zero-order valence-corrected chi connectivity index (χ0v) is 17.9. The van der Waals surface area contributed by atoms with Gasteiger partial charge in [0.1, 0.15) is 17.8 Å². The van der Waals surface area contributed by atoms with Crippen LogP contribution in [0.25, 0.3) is 22.0 Å². The molecule has 1 amide bonds. The Labute approximate surface area is 184 Å². The molecule has 0 bridgehead atoms. The highest BCUT2D eigenvalue weighted by Crippen LogP contribution is 2.23. The van der Waals surface area contributed by atoms with Gasteiger partial charge in [-0.15, -0.1) is 0 Å². The SMILES string of the molecule is CN1CCN(c2cc(C(=O)Nc3ncc4ccc(-c5cnn(C)c5)cc4n3)ncn2)CC1. The Kier molecular flexibility index (Phi) is 5.20. The number of likely N-dealkylation sites (N-methyl/N-ethyl adjacent to an activating group) is 1. The first-order chi connectivity index (χ1) is 15.5. The molecule has 5 rings (SSSR count). The average molecular weight is 429 g/mol. The van der Waals surface area contributed by atoms with E-state index in [-0.39, 0.29) is 17.5 Å². The molecule has 0 radical (unpaired) electrons. The number of benzene rings is 1. The Morgan fingerprint density at radius 1 is 0.969 bits per heavy atom. The number of hydrogen-bond donors (Lipinski definition) is 1. The number of nitrogens with zero attached hydrogens (tertiary/aromatic N) is 8. The third kappa shape index (κ3) is 4.12. The van der Waals surface area contributed by atoms with Crippen LogP contribution in [-0.2, 0) is 7.05 Å². The summed E-state index contributed by atoms with van der Waals surface area (Å²) in [5.41, 5.74) is 3.00. The number of carbonyl (C=O) groups excluding carboxylic acids is 1. The van der Waals surface area contributed by atoms with Crippen LogP contribution in [-0.4, -0.2) is 73.8 Å². The molecule has 10 heteroatoms. The Balaban J connectivity index is 1.36. The topological polar surface area (TPSA) is 105 Å². The lowest BCUT2D eigenvalue weighted by Gasteiger charge is -2.33. The molecular formula is C22H23N9O. The highest BCUT2D eigenvalue weighted by atomic mass is 16.2. The summed E-state index contributed by atoms with van der Waals surface area (Å²) >= 11 is 0.